The number of nitrogens with zero attached hydrogens (tertiary/aromatic N) is 1. The van der Waals surface area contributed by atoms with Crippen LogP contribution in [0.2, 0.25) is 0 Å². The zero-order valence-corrected chi connectivity index (χ0v) is 27.6. The van der Waals surface area contributed by atoms with Crippen LogP contribution >= 0.6 is 11.8 Å². The van der Waals surface area contributed by atoms with E-state index >= 15 is 0 Å². The summed E-state index contributed by atoms with van der Waals surface area (Å²) in [6.45, 7) is 3.25. The van der Waals surface area contributed by atoms with Crippen LogP contribution in [-0.4, -0.2) is 74.0 Å². The minimum atomic E-state index is -1.47. The highest BCUT2D eigenvalue weighted by Crippen LogP contribution is 2.50. The van der Waals surface area contributed by atoms with Gasteiger partial charge in [-0.1, -0.05) is 91.0 Å². The molecule has 2 aliphatic heterocycles. The van der Waals surface area contributed by atoms with Crippen molar-refractivity contribution in [2.75, 3.05) is 0 Å². The molecule has 2 aliphatic rings. The van der Waals surface area contributed by atoms with Gasteiger partial charge in [0.2, 0.25) is 17.7 Å². The van der Waals surface area contributed by atoms with Crippen molar-refractivity contribution in [2.45, 2.75) is 67.8 Å². The van der Waals surface area contributed by atoms with Crippen molar-refractivity contribution >= 4 is 47.5 Å². The third-order valence-electron chi connectivity index (χ3n) is 8.08. The highest BCUT2D eigenvalue weighted by molar-refractivity contribution is 8.01. The molecule has 2 fully saturated rings. The highest BCUT2D eigenvalue weighted by atomic mass is 32.2. The number of hydrogen-bond acceptors (Lipinski definition) is 9. The number of carboxylic acids is 1. The van der Waals surface area contributed by atoms with Crippen LogP contribution in [0.1, 0.15) is 43.0 Å². The van der Waals surface area contributed by atoms with Gasteiger partial charge < -0.3 is 35.4 Å². The Kier molecular flexibility index (Phi) is 10.9. The maximum Gasteiger partial charge on any atom is 0.408 e. The lowest BCUT2D eigenvalue weighted by atomic mass is 9.95. The van der Waals surface area contributed by atoms with Gasteiger partial charge in [0.1, 0.15) is 42.8 Å². The summed E-state index contributed by atoms with van der Waals surface area (Å²) >= 11 is 1.27. The summed E-state index contributed by atoms with van der Waals surface area (Å²) in [5.74, 6) is -4.07. The van der Waals surface area contributed by atoms with Gasteiger partial charge in [-0.15, -0.1) is 11.8 Å². The van der Waals surface area contributed by atoms with Crippen molar-refractivity contribution in [1.82, 2.24) is 20.9 Å². The van der Waals surface area contributed by atoms with Gasteiger partial charge >= 0.3 is 18.0 Å². The minimum Gasteiger partial charge on any atom is -0.480 e. The van der Waals surface area contributed by atoms with Crippen LogP contribution in [0.4, 0.5) is 4.79 Å². The highest BCUT2D eigenvalue weighted by Gasteiger charge is 2.64. The van der Waals surface area contributed by atoms with Gasteiger partial charge in [0.15, 0.2) is 0 Å². The average Bonchev–Trinajstić information content (AvgIpc) is 3.36. The zero-order valence-electron chi connectivity index (χ0n) is 26.7. The normalized spacial score (nSPS) is 20.1. The standard InChI is InChI=1S/C35H36N4O9S/c1-35(2)28(32(43)44)39-30(42)27(31(39)49-35)38-29(41)26(23-16-10-5-11-17-23)37-25(40)18-24(33(45)47-19-21-12-6-3-7-13-21)36-34(46)48-20-22-14-8-4-9-15-22/h3-17,24,26-28,31H,18-20H2,1-2H3,(H,36,46)(H,37,40)(H,38,41)(H,43,44)/t24?,26?,27-,28+,31-/m1/s1. The molecule has 13 nitrogen and oxygen atoms in total. The number of carboxylic acid groups (broad SMARTS) is 1. The number of β-lactam (4-membered cyclic amide) rings is 1. The first-order chi connectivity index (χ1) is 23.4. The molecule has 256 valence electrons. The molecule has 3 aromatic carbocycles. The Bertz CT molecular complexity index is 1690. The molecule has 0 aromatic heterocycles. The van der Waals surface area contributed by atoms with Crippen molar-refractivity contribution in [3.05, 3.63) is 108 Å². The molecule has 14 heteroatoms. The first kappa shape index (κ1) is 35.0. The number of nitrogens with one attached hydrogen (secondary N) is 3. The van der Waals surface area contributed by atoms with Gasteiger partial charge in [-0.2, -0.15) is 0 Å². The second-order valence-electron chi connectivity index (χ2n) is 12.1. The van der Waals surface area contributed by atoms with Gasteiger partial charge in [0.05, 0.1) is 6.42 Å². The Labute approximate surface area is 286 Å². The van der Waals surface area contributed by atoms with E-state index in [1.54, 1.807) is 98.8 Å². The Morgan fingerprint density at radius 2 is 1.39 bits per heavy atom. The Balaban J connectivity index is 1.28. The molecule has 0 radical (unpaired) electrons. The van der Waals surface area contributed by atoms with E-state index in [2.05, 4.69) is 16.0 Å². The van der Waals surface area contributed by atoms with Gasteiger partial charge in [0, 0.05) is 4.75 Å². The summed E-state index contributed by atoms with van der Waals surface area (Å²) in [6, 6.07) is 21.2. The van der Waals surface area contributed by atoms with E-state index in [1.165, 1.54) is 16.7 Å². The van der Waals surface area contributed by atoms with E-state index in [9.17, 15) is 33.9 Å². The van der Waals surface area contributed by atoms with E-state index in [0.717, 1.165) is 0 Å². The van der Waals surface area contributed by atoms with Crippen LogP contribution in [-0.2, 0) is 46.7 Å². The molecule has 5 atom stereocenters. The summed E-state index contributed by atoms with van der Waals surface area (Å²) in [6.07, 6.45) is -1.56. The van der Waals surface area contributed by atoms with Crippen molar-refractivity contribution in [3.8, 4) is 0 Å². The van der Waals surface area contributed by atoms with Crippen LogP contribution in [0, 0.1) is 0 Å². The monoisotopic (exact) mass is 688 g/mol. The lowest BCUT2D eigenvalue weighted by Gasteiger charge is -2.44. The third-order valence-corrected chi connectivity index (χ3v) is 9.65. The number of aliphatic carboxylic acids is 1. The molecule has 0 aliphatic carbocycles. The Morgan fingerprint density at radius 3 is 1.96 bits per heavy atom. The van der Waals surface area contributed by atoms with Crippen LogP contribution in [0.15, 0.2) is 91.0 Å². The number of alkyl carbamates (subject to hydrolysis) is 1. The number of fused-ring (bicyclic) bond motifs is 1. The van der Waals surface area contributed by atoms with Crippen LogP contribution in [0.3, 0.4) is 0 Å². The van der Waals surface area contributed by atoms with Gasteiger partial charge in [0.25, 0.3) is 0 Å². The van der Waals surface area contributed by atoms with Crippen molar-refractivity contribution in [2.24, 2.45) is 0 Å². The van der Waals surface area contributed by atoms with Gasteiger partial charge in [-0.3, -0.25) is 14.4 Å². The van der Waals surface area contributed by atoms with E-state index in [-0.39, 0.29) is 13.2 Å². The van der Waals surface area contributed by atoms with E-state index < -0.39 is 76.5 Å². The molecule has 2 unspecified atom stereocenters. The molecule has 0 spiro atoms. The summed E-state index contributed by atoms with van der Waals surface area (Å²) < 4.78 is 9.87. The molecule has 4 N–H and O–H groups in total. The second-order valence-corrected chi connectivity index (χ2v) is 13.8. The van der Waals surface area contributed by atoms with E-state index in [1.807, 2.05) is 6.07 Å². The number of carbonyl (C=O) groups is 6. The zero-order chi connectivity index (χ0) is 35.1. The molecule has 2 saturated heterocycles. The molecule has 3 aromatic rings. The Hall–Kier alpha value is -5.37. The maximum absolute atomic E-state index is 13.7. The number of benzene rings is 3. The molecule has 0 saturated carbocycles. The summed E-state index contributed by atoms with van der Waals surface area (Å²) in [4.78, 5) is 79.2. The Morgan fingerprint density at radius 1 is 0.837 bits per heavy atom. The summed E-state index contributed by atoms with van der Waals surface area (Å²) in [5, 5.41) is 16.8. The topological polar surface area (TPSA) is 180 Å². The fourth-order valence-corrected chi connectivity index (χ4v) is 7.29. The van der Waals surface area contributed by atoms with E-state index in [4.69, 9.17) is 9.47 Å². The molecular weight excluding hydrogens is 652 g/mol. The molecular formula is C35H36N4O9S. The maximum atomic E-state index is 13.7. The number of hydrogen-bond donors (Lipinski definition) is 4. The number of rotatable bonds is 13. The molecule has 49 heavy (non-hydrogen) atoms. The van der Waals surface area contributed by atoms with Gasteiger partial charge in [-0.05, 0) is 30.5 Å². The predicted molar refractivity (Wildman–Crippen MR) is 177 cm³/mol. The SMILES string of the molecule is CC1(C)S[C@@H]2[C@H](NC(=O)C(NC(=O)CC(NC(=O)OCc3ccccc3)C(=O)OCc3ccccc3)c3ccccc3)C(=O)N2[C@H]1C(=O)O. The first-order valence-corrected chi connectivity index (χ1v) is 16.4. The molecule has 0 bridgehead atoms. The van der Waals surface area contributed by atoms with Crippen molar-refractivity contribution in [1.29, 1.82) is 0 Å². The largest absolute Gasteiger partial charge is 0.480 e. The van der Waals surface area contributed by atoms with Crippen molar-refractivity contribution in [3.63, 3.8) is 0 Å². The van der Waals surface area contributed by atoms with Crippen LogP contribution in [0.5, 0.6) is 0 Å². The smallest absolute Gasteiger partial charge is 0.408 e. The van der Waals surface area contributed by atoms with Crippen molar-refractivity contribution < 1.29 is 43.3 Å². The molecule has 5 rings (SSSR count). The summed E-state index contributed by atoms with van der Waals surface area (Å²) in [7, 11) is 0. The third kappa shape index (κ3) is 8.38. The number of amides is 4. The molecule has 2 heterocycles. The number of carbonyl (C=O) groups excluding carboxylic acids is 5. The van der Waals surface area contributed by atoms with Gasteiger partial charge in [-0.25, -0.2) is 14.4 Å². The number of esters is 1. The van der Waals surface area contributed by atoms with E-state index in [0.29, 0.717) is 16.7 Å². The average molecular weight is 689 g/mol. The first-order valence-electron chi connectivity index (χ1n) is 15.5. The number of thioether (sulfide) groups is 1. The fraction of sp³-hybridized carbons (Fsp3) is 0.314. The summed E-state index contributed by atoms with van der Waals surface area (Å²) in [5.41, 5.74) is 1.79. The minimum absolute atomic E-state index is 0.0815. The quantitative estimate of drug-likeness (QED) is 0.154. The number of ether oxygens (including phenoxy) is 2. The lowest BCUT2D eigenvalue weighted by molar-refractivity contribution is -0.161. The van der Waals surface area contributed by atoms with Crippen LogP contribution < -0.4 is 16.0 Å². The van der Waals surface area contributed by atoms with Crippen LogP contribution in [0.25, 0.3) is 0 Å². The molecule has 4 amide bonds. The lowest BCUT2D eigenvalue weighted by Crippen LogP contribution is -2.71. The fourth-order valence-electron chi connectivity index (χ4n) is 5.66. The predicted octanol–water partition coefficient (Wildman–Crippen LogP) is 2.90. The second kappa shape index (κ2) is 15.2.